The number of carboxylic acids is 1. The van der Waals surface area contributed by atoms with E-state index < -0.39 is 41.6 Å². The first-order valence-electron chi connectivity index (χ1n) is 9.79. The topological polar surface area (TPSA) is 131 Å². The van der Waals surface area contributed by atoms with Crippen LogP contribution in [0.25, 0.3) is 0 Å². The molecule has 32 heavy (non-hydrogen) atoms. The van der Waals surface area contributed by atoms with Crippen LogP contribution in [0.2, 0.25) is 0 Å². The molecule has 0 bridgehead atoms. The van der Waals surface area contributed by atoms with Gasteiger partial charge in [0, 0.05) is 17.7 Å². The molecule has 0 aliphatic heterocycles. The van der Waals surface area contributed by atoms with Crippen molar-refractivity contribution in [2.24, 2.45) is 0 Å². The van der Waals surface area contributed by atoms with Gasteiger partial charge in [0.05, 0.1) is 7.11 Å². The molecule has 1 aromatic carbocycles. The number of hydrogen-bond acceptors (Lipinski definition) is 7. The van der Waals surface area contributed by atoms with Gasteiger partial charge in [0.15, 0.2) is 0 Å². The van der Waals surface area contributed by atoms with Gasteiger partial charge < -0.3 is 25.2 Å². The van der Waals surface area contributed by atoms with Gasteiger partial charge in [0.2, 0.25) is 5.91 Å². The molecular weight excluding hydrogens is 436 g/mol. The summed E-state index contributed by atoms with van der Waals surface area (Å²) < 4.78 is 9.86. The molecule has 0 saturated heterocycles. The van der Waals surface area contributed by atoms with Crippen LogP contribution in [0, 0.1) is 11.2 Å². The smallest absolute Gasteiger partial charge is 0.408 e. The standard InChI is InChI=1S/C22H28N2O7S/c1-22(2,3)31-21(29)24-16(10-11-18(25)26)19(27)23-17(20(28)30-4)14-32-13-12-15-8-6-5-7-9-15/h5-9,16-17H,10-11,14H2,1-4H3,(H,23,27)(H,24,29)(H,25,26). The summed E-state index contributed by atoms with van der Waals surface area (Å²) >= 11 is 1.11. The highest BCUT2D eigenvalue weighted by molar-refractivity contribution is 8.03. The van der Waals surface area contributed by atoms with Crippen molar-refractivity contribution in [2.75, 3.05) is 12.9 Å². The molecule has 0 aromatic heterocycles. The number of rotatable bonds is 9. The minimum absolute atomic E-state index is 0.0936. The Morgan fingerprint density at radius 2 is 1.75 bits per heavy atom. The zero-order chi connectivity index (χ0) is 24.1. The number of benzene rings is 1. The van der Waals surface area contributed by atoms with E-state index in [9.17, 15) is 19.2 Å². The average Bonchev–Trinajstić information content (AvgIpc) is 2.71. The molecule has 10 heteroatoms. The highest BCUT2D eigenvalue weighted by atomic mass is 32.2. The molecule has 3 N–H and O–H groups in total. The number of ether oxygens (including phenoxy) is 2. The number of hydrogen-bond donors (Lipinski definition) is 3. The van der Waals surface area contributed by atoms with Crippen LogP contribution < -0.4 is 10.6 Å². The molecule has 0 spiro atoms. The lowest BCUT2D eigenvalue weighted by Gasteiger charge is -2.24. The normalized spacial score (nSPS) is 12.4. The van der Waals surface area contributed by atoms with Crippen molar-refractivity contribution in [3.63, 3.8) is 0 Å². The fourth-order valence-corrected chi connectivity index (χ4v) is 2.97. The van der Waals surface area contributed by atoms with E-state index in [-0.39, 0.29) is 18.6 Å². The molecule has 1 rings (SSSR count). The van der Waals surface area contributed by atoms with Gasteiger partial charge in [0.1, 0.15) is 17.7 Å². The Labute approximate surface area is 191 Å². The monoisotopic (exact) mass is 464 g/mol. The number of methoxy groups -OCH3 is 1. The van der Waals surface area contributed by atoms with Gasteiger partial charge in [-0.25, -0.2) is 9.59 Å². The Hall–Kier alpha value is -3.19. The van der Waals surface area contributed by atoms with Gasteiger partial charge in [-0.15, -0.1) is 0 Å². The fraction of sp³-hybridized carbons (Fsp3) is 0.455. The minimum atomic E-state index is -1.21. The highest BCUT2D eigenvalue weighted by Crippen LogP contribution is 2.09. The zero-order valence-corrected chi connectivity index (χ0v) is 19.3. The molecule has 1 aromatic rings. The minimum Gasteiger partial charge on any atom is -0.481 e. The van der Waals surface area contributed by atoms with Gasteiger partial charge >= 0.3 is 18.0 Å². The van der Waals surface area contributed by atoms with Crippen molar-refractivity contribution in [1.82, 2.24) is 10.6 Å². The molecule has 174 valence electrons. The third-order valence-corrected chi connectivity index (χ3v) is 4.49. The Morgan fingerprint density at radius 3 is 2.31 bits per heavy atom. The second-order valence-corrected chi connectivity index (χ2v) is 8.45. The molecule has 0 radical (unpaired) electrons. The summed E-state index contributed by atoms with van der Waals surface area (Å²) in [5.74, 6) is 0.457. The molecule has 0 aliphatic carbocycles. The van der Waals surface area contributed by atoms with Gasteiger partial charge in [-0.2, -0.15) is 0 Å². The lowest BCUT2D eigenvalue weighted by atomic mass is 10.1. The van der Waals surface area contributed by atoms with E-state index >= 15 is 0 Å². The van der Waals surface area contributed by atoms with Gasteiger partial charge in [-0.3, -0.25) is 9.59 Å². The lowest BCUT2D eigenvalue weighted by molar-refractivity contribution is -0.144. The number of carboxylic acid groups (broad SMARTS) is 1. The first kappa shape index (κ1) is 26.8. The summed E-state index contributed by atoms with van der Waals surface area (Å²) in [4.78, 5) is 47.8. The van der Waals surface area contributed by atoms with Crippen LogP contribution in [0.5, 0.6) is 0 Å². The van der Waals surface area contributed by atoms with Crippen molar-refractivity contribution < 1.29 is 33.8 Å². The zero-order valence-electron chi connectivity index (χ0n) is 18.5. The van der Waals surface area contributed by atoms with E-state index in [4.69, 9.17) is 14.6 Å². The molecule has 2 unspecified atom stereocenters. The molecule has 2 amide bonds. The average molecular weight is 465 g/mol. The van der Waals surface area contributed by atoms with E-state index in [2.05, 4.69) is 21.8 Å². The third kappa shape index (κ3) is 11.3. The van der Waals surface area contributed by atoms with Crippen molar-refractivity contribution in [3.8, 4) is 11.2 Å². The Kier molecular flexibility index (Phi) is 11.1. The Balaban J connectivity index is 2.82. The predicted octanol–water partition coefficient (Wildman–Crippen LogP) is 2.14. The van der Waals surface area contributed by atoms with E-state index in [0.717, 1.165) is 17.3 Å². The maximum absolute atomic E-state index is 12.7. The predicted molar refractivity (Wildman–Crippen MR) is 120 cm³/mol. The summed E-state index contributed by atoms with van der Waals surface area (Å²) in [5, 5.41) is 16.6. The van der Waals surface area contributed by atoms with Gasteiger partial charge in [-0.05, 0) is 44.6 Å². The van der Waals surface area contributed by atoms with E-state index in [1.54, 1.807) is 20.8 Å². The number of amides is 2. The van der Waals surface area contributed by atoms with Crippen LogP contribution in [-0.4, -0.2) is 59.6 Å². The van der Waals surface area contributed by atoms with E-state index in [1.165, 1.54) is 7.11 Å². The molecule has 0 fully saturated rings. The van der Waals surface area contributed by atoms with Crippen LogP contribution in [-0.2, 0) is 23.9 Å². The van der Waals surface area contributed by atoms with Crippen LogP contribution in [0.3, 0.4) is 0 Å². The second-order valence-electron chi connectivity index (χ2n) is 7.62. The van der Waals surface area contributed by atoms with Crippen LogP contribution in [0.15, 0.2) is 30.3 Å². The van der Waals surface area contributed by atoms with Crippen molar-refractivity contribution >= 4 is 35.7 Å². The summed E-state index contributed by atoms with van der Waals surface area (Å²) in [6.45, 7) is 4.96. The van der Waals surface area contributed by atoms with E-state index in [0.29, 0.717) is 0 Å². The molecular formula is C22H28N2O7S. The maximum Gasteiger partial charge on any atom is 0.408 e. The number of alkyl carbamates (subject to hydrolysis) is 1. The molecule has 0 heterocycles. The van der Waals surface area contributed by atoms with Crippen LogP contribution >= 0.6 is 11.8 Å². The largest absolute Gasteiger partial charge is 0.481 e. The number of aliphatic carboxylic acids is 1. The quantitative estimate of drug-likeness (QED) is 0.374. The number of thioether (sulfide) groups is 1. The summed E-state index contributed by atoms with van der Waals surface area (Å²) in [6.07, 6.45) is -1.43. The molecule has 0 saturated carbocycles. The molecule has 2 atom stereocenters. The first-order valence-corrected chi connectivity index (χ1v) is 10.8. The number of carbonyl (C=O) groups is 4. The number of nitrogens with one attached hydrogen (secondary N) is 2. The number of carbonyl (C=O) groups excluding carboxylic acids is 3. The van der Waals surface area contributed by atoms with Gasteiger partial charge in [-0.1, -0.05) is 35.9 Å². The first-order chi connectivity index (χ1) is 15.0. The van der Waals surface area contributed by atoms with Gasteiger partial charge in [0.25, 0.3) is 0 Å². The fourth-order valence-electron chi connectivity index (χ4n) is 2.31. The van der Waals surface area contributed by atoms with E-state index in [1.807, 2.05) is 30.3 Å². The van der Waals surface area contributed by atoms with Crippen molar-refractivity contribution in [2.45, 2.75) is 51.3 Å². The Bertz CT molecular complexity index is 857. The Morgan fingerprint density at radius 1 is 1.09 bits per heavy atom. The summed E-state index contributed by atoms with van der Waals surface area (Å²) in [5.41, 5.74) is -0.00508. The highest BCUT2D eigenvalue weighted by Gasteiger charge is 2.29. The summed E-state index contributed by atoms with van der Waals surface area (Å²) in [7, 11) is 1.18. The summed E-state index contributed by atoms with van der Waals surface area (Å²) in [6, 6.07) is 6.98. The molecule has 0 aliphatic rings. The van der Waals surface area contributed by atoms with Crippen molar-refractivity contribution in [1.29, 1.82) is 0 Å². The lowest BCUT2D eigenvalue weighted by Crippen LogP contribution is -2.53. The van der Waals surface area contributed by atoms with Crippen LogP contribution in [0.4, 0.5) is 4.79 Å². The van der Waals surface area contributed by atoms with Crippen LogP contribution in [0.1, 0.15) is 39.2 Å². The number of esters is 1. The maximum atomic E-state index is 12.7. The second kappa shape index (κ2) is 13.3. The SMILES string of the molecule is COC(=O)C(CSC#Cc1ccccc1)NC(=O)C(CCC(=O)O)NC(=O)OC(C)(C)C. The van der Waals surface area contributed by atoms with Crippen molar-refractivity contribution in [3.05, 3.63) is 35.9 Å². The third-order valence-electron chi connectivity index (χ3n) is 3.75. The molecule has 9 nitrogen and oxygen atoms in total.